The lowest BCUT2D eigenvalue weighted by atomic mass is 9.96. The lowest BCUT2D eigenvalue weighted by Gasteiger charge is -2.32. The minimum atomic E-state index is -0.676. The molecule has 0 saturated carbocycles. The Hall–Kier alpha value is -1.72. The van der Waals surface area contributed by atoms with E-state index in [1.165, 1.54) is 0 Å². The molecule has 2 heterocycles. The van der Waals surface area contributed by atoms with E-state index in [0.717, 1.165) is 12.3 Å². The van der Waals surface area contributed by atoms with E-state index in [4.69, 9.17) is 11.1 Å². The topological polar surface area (TPSA) is 66.0 Å². The van der Waals surface area contributed by atoms with Crippen molar-refractivity contribution in [1.82, 2.24) is 4.98 Å². The van der Waals surface area contributed by atoms with Crippen molar-refractivity contribution in [3.05, 3.63) is 23.9 Å². The average Bonchev–Trinajstić information content (AvgIpc) is 2.29. The van der Waals surface area contributed by atoms with Crippen LogP contribution in [-0.2, 0) is 0 Å². The fraction of sp³-hybridized carbons (Fsp3) is 0.455. The lowest BCUT2D eigenvalue weighted by Crippen LogP contribution is -2.39. The Morgan fingerprint density at radius 3 is 2.59 bits per heavy atom. The number of halogens is 2. The summed E-state index contributed by atoms with van der Waals surface area (Å²) in [5, 5.41) is 7.35. The van der Waals surface area contributed by atoms with Gasteiger partial charge in [0.1, 0.15) is 5.82 Å². The molecule has 1 fully saturated rings. The third-order valence-corrected chi connectivity index (χ3v) is 3.02. The minimum Gasteiger partial charge on any atom is -0.387 e. The van der Waals surface area contributed by atoms with Crippen LogP contribution in [0, 0.1) is 23.0 Å². The quantitative estimate of drug-likeness (QED) is 0.608. The molecule has 1 aliphatic heterocycles. The highest BCUT2D eigenvalue weighted by atomic mass is 19.1. The predicted molar refractivity (Wildman–Crippen MR) is 61.0 cm³/mol. The Morgan fingerprint density at radius 1 is 1.41 bits per heavy atom. The third-order valence-electron chi connectivity index (χ3n) is 3.02. The monoisotopic (exact) mass is 240 g/mol. The largest absolute Gasteiger partial charge is 0.387 e. The molecular formula is C11H14F2N4. The van der Waals surface area contributed by atoms with E-state index < -0.39 is 11.6 Å². The van der Waals surface area contributed by atoms with E-state index in [9.17, 15) is 8.78 Å². The second-order valence-electron chi connectivity index (χ2n) is 4.18. The van der Waals surface area contributed by atoms with Crippen molar-refractivity contribution in [2.75, 3.05) is 18.0 Å². The SMILES string of the molecule is N=C(N)C1CCN(c2ncc(F)cc2F)CC1. The van der Waals surface area contributed by atoms with Gasteiger partial charge in [-0.2, -0.15) is 0 Å². The summed E-state index contributed by atoms with van der Waals surface area (Å²) in [6.07, 6.45) is 2.41. The molecule has 6 heteroatoms. The Balaban J connectivity index is 2.08. The van der Waals surface area contributed by atoms with Crippen LogP contribution in [0.4, 0.5) is 14.6 Å². The summed E-state index contributed by atoms with van der Waals surface area (Å²) in [4.78, 5) is 5.52. The zero-order valence-corrected chi connectivity index (χ0v) is 9.29. The maximum Gasteiger partial charge on any atom is 0.168 e. The zero-order valence-electron chi connectivity index (χ0n) is 9.29. The number of hydrogen-bond donors (Lipinski definition) is 2. The molecule has 0 amide bonds. The second kappa shape index (κ2) is 4.65. The van der Waals surface area contributed by atoms with Gasteiger partial charge in [-0.1, -0.05) is 0 Å². The number of rotatable bonds is 2. The van der Waals surface area contributed by atoms with E-state index in [-0.39, 0.29) is 17.6 Å². The molecule has 1 saturated heterocycles. The number of hydrogen-bond acceptors (Lipinski definition) is 3. The van der Waals surface area contributed by atoms with E-state index >= 15 is 0 Å². The van der Waals surface area contributed by atoms with E-state index in [2.05, 4.69) is 4.98 Å². The summed E-state index contributed by atoms with van der Waals surface area (Å²) < 4.78 is 26.2. The molecule has 92 valence electrons. The molecule has 0 unspecified atom stereocenters. The first-order valence-corrected chi connectivity index (χ1v) is 5.48. The van der Waals surface area contributed by atoms with Gasteiger partial charge in [-0.3, -0.25) is 5.41 Å². The van der Waals surface area contributed by atoms with Crippen molar-refractivity contribution >= 4 is 11.7 Å². The molecule has 1 aromatic heterocycles. The van der Waals surface area contributed by atoms with Gasteiger partial charge in [0.25, 0.3) is 0 Å². The van der Waals surface area contributed by atoms with Crippen molar-refractivity contribution in [2.45, 2.75) is 12.8 Å². The Bertz CT molecular complexity index is 427. The summed E-state index contributed by atoms with van der Waals surface area (Å²) >= 11 is 0. The molecule has 0 aromatic carbocycles. The number of nitrogens with zero attached hydrogens (tertiary/aromatic N) is 2. The summed E-state index contributed by atoms with van der Waals surface area (Å²) in [6, 6.07) is 0.833. The average molecular weight is 240 g/mol. The molecule has 0 spiro atoms. The predicted octanol–water partition coefficient (Wildman–Crippen LogP) is 1.51. The van der Waals surface area contributed by atoms with Crippen LogP contribution >= 0.6 is 0 Å². The van der Waals surface area contributed by atoms with Crippen molar-refractivity contribution in [1.29, 1.82) is 5.41 Å². The number of aromatic nitrogens is 1. The van der Waals surface area contributed by atoms with Crippen LogP contribution in [0.15, 0.2) is 12.3 Å². The first-order valence-electron chi connectivity index (χ1n) is 5.48. The van der Waals surface area contributed by atoms with E-state index in [0.29, 0.717) is 25.9 Å². The fourth-order valence-electron chi connectivity index (χ4n) is 2.04. The van der Waals surface area contributed by atoms with Gasteiger partial charge < -0.3 is 10.6 Å². The number of piperidine rings is 1. The number of nitrogens with one attached hydrogen (secondary N) is 1. The first-order chi connectivity index (χ1) is 8.08. The van der Waals surface area contributed by atoms with Crippen LogP contribution in [0.1, 0.15) is 12.8 Å². The maximum atomic E-state index is 13.5. The van der Waals surface area contributed by atoms with E-state index in [1.807, 2.05) is 0 Å². The van der Waals surface area contributed by atoms with Gasteiger partial charge in [-0.25, -0.2) is 13.8 Å². The number of pyridine rings is 1. The minimum absolute atomic E-state index is 0.0646. The Kier molecular flexibility index (Phi) is 3.21. The molecule has 1 aliphatic rings. The molecule has 0 radical (unpaired) electrons. The van der Waals surface area contributed by atoms with Crippen LogP contribution in [0.2, 0.25) is 0 Å². The fourth-order valence-corrected chi connectivity index (χ4v) is 2.04. The van der Waals surface area contributed by atoms with Crippen LogP contribution in [-0.4, -0.2) is 23.9 Å². The highest BCUT2D eigenvalue weighted by Gasteiger charge is 2.23. The molecule has 0 bridgehead atoms. The summed E-state index contributed by atoms with van der Waals surface area (Å²) in [7, 11) is 0. The van der Waals surface area contributed by atoms with Crippen molar-refractivity contribution in [3.63, 3.8) is 0 Å². The van der Waals surface area contributed by atoms with Gasteiger partial charge in [0, 0.05) is 25.1 Å². The normalized spacial score (nSPS) is 17.2. The van der Waals surface area contributed by atoms with Gasteiger partial charge in [0.05, 0.1) is 12.0 Å². The lowest BCUT2D eigenvalue weighted by molar-refractivity contribution is 0.484. The van der Waals surface area contributed by atoms with E-state index in [1.54, 1.807) is 4.90 Å². The molecule has 4 nitrogen and oxygen atoms in total. The van der Waals surface area contributed by atoms with Crippen molar-refractivity contribution < 1.29 is 8.78 Å². The highest BCUT2D eigenvalue weighted by molar-refractivity contribution is 5.79. The smallest absolute Gasteiger partial charge is 0.168 e. The first kappa shape index (κ1) is 11.8. The molecule has 17 heavy (non-hydrogen) atoms. The molecule has 0 aliphatic carbocycles. The Labute approximate surface area is 98.0 Å². The molecule has 0 atom stereocenters. The third kappa shape index (κ3) is 2.51. The van der Waals surface area contributed by atoms with Gasteiger partial charge in [0.15, 0.2) is 11.6 Å². The maximum absolute atomic E-state index is 13.5. The molecule has 2 rings (SSSR count). The number of amidine groups is 1. The van der Waals surface area contributed by atoms with Crippen molar-refractivity contribution in [3.8, 4) is 0 Å². The van der Waals surface area contributed by atoms with Crippen LogP contribution in [0.3, 0.4) is 0 Å². The van der Waals surface area contributed by atoms with Gasteiger partial charge in [-0.15, -0.1) is 0 Å². The summed E-state index contributed by atoms with van der Waals surface area (Å²) in [5.74, 6) is -0.906. The number of anilines is 1. The molecule has 3 N–H and O–H groups in total. The highest BCUT2D eigenvalue weighted by Crippen LogP contribution is 2.23. The summed E-state index contributed by atoms with van der Waals surface area (Å²) in [5.41, 5.74) is 5.43. The number of nitrogens with two attached hydrogens (primary N) is 1. The van der Waals surface area contributed by atoms with Crippen LogP contribution in [0.25, 0.3) is 0 Å². The summed E-state index contributed by atoms with van der Waals surface area (Å²) in [6.45, 7) is 1.17. The Morgan fingerprint density at radius 2 is 2.06 bits per heavy atom. The van der Waals surface area contributed by atoms with Gasteiger partial charge in [0.2, 0.25) is 0 Å². The van der Waals surface area contributed by atoms with Gasteiger partial charge in [-0.05, 0) is 12.8 Å². The standard InChI is InChI=1S/C11H14F2N4/c12-8-5-9(13)11(16-6-8)17-3-1-7(2-4-17)10(14)15/h5-7H,1-4H2,(H3,14,15). The molecule has 1 aromatic rings. The molecular weight excluding hydrogens is 226 g/mol. The van der Waals surface area contributed by atoms with Crippen LogP contribution in [0.5, 0.6) is 0 Å². The van der Waals surface area contributed by atoms with Gasteiger partial charge >= 0.3 is 0 Å². The zero-order chi connectivity index (χ0) is 12.4. The second-order valence-corrected chi connectivity index (χ2v) is 4.18. The van der Waals surface area contributed by atoms with Crippen molar-refractivity contribution in [2.24, 2.45) is 11.7 Å². The van der Waals surface area contributed by atoms with Crippen LogP contribution < -0.4 is 10.6 Å².